The number of hydrogen-bond acceptors (Lipinski definition) is 5. The van der Waals surface area contributed by atoms with E-state index in [2.05, 4.69) is 32.7 Å². The molecule has 0 unspecified atom stereocenters. The molecule has 130 valence electrons. The number of thioether (sulfide) groups is 1. The lowest BCUT2D eigenvalue weighted by molar-refractivity contribution is -0.215. The van der Waals surface area contributed by atoms with Gasteiger partial charge in [-0.1, -0.05) is 31.7 Å². The van der Waals surface area contributed by atoms with Gasteiger partial charge in [-0.05, 0) is 38.3 Å². The molecule has 1 fully saturated rings. The largest absolute Gasteiger partial charge is 0.376 e. The van der Waals surface area contributed by atoms with Gasteiger partial charge in [-0.2, -0.15) is 0 Å². The Bertz CT molecular complexity index is 471. The highest BCUT2D eigenvalue weighted by molar-refractivity contribution is 7.99. The molecular weight excluding hydrogens is 310 g/mol. The molecule has 2 rings (SSSR count). The van der Waals surface area contributed by atoms with E-state index in [4.69, 9.17) is 14.2 Å². The Morgan fingerprint density at radius 2 is 2.22 bits per heavy atom. The van der Waals surface area contributed by atoms with Crippen LogP contribution in [0, 0.1) is 5.92 Å². The van der Waals surface area contributed by atoms with Crippen molar-refractivity contribution in [1.29, 1.82) is 0 Å². The summed E-state index contributed by atoms with van der Waals surface area (Å²) in [6.45, 7) is 9.35. The molecule has 0 amide bonds. The predicted octanol–water partition coefficient (Wildman–Crippen LogP) is 4.15. The van der Waals surface area contributed by atoms with E-state index in [-0.39, 0.29) is 23.2 Å². The quantitative estimate of drug-likeness (QED) is 0.746. The van der Waals surface area contributed by atoms with Gasteiger partial charge < -0.3 is 14.2 Å². The van der Waals surface area contributed by atoms with E-state index < -0.39 is 0 Å². The fourth-order valence-corrected chi connectivity index (χ4v) is 4.06. The first-order valence-electron chi connectivity index (χ1n) is 8.34. The highest BCUT2D eigenvalue weighted by Gasteiger charge is 2.46. The molecule has 23 heavy (non-hydrogen) atoms. The number of nitrogens with zero attached hydrogens (tertiary/aromatic N) is 1. The van der Waals surface area contributed by atoms with Gasteiger partial charge in [0.2, 0.25) is 0 Å². The third-order valence-electron chi connectivity index (χ3n) is 4.32. The topological polar surface area (TPSA) is 40.6 Å². The minimum absolute atomic E-state index is 0.0120. The zero-order valence-corrected chi connectivity index (χ0v) is 15.6. The fraction of sp³-hybridized carbons (Fsp3) is 0.722. The van der Waals surface area contributed by atoms with Gasteiger partial charge in [-0.3, -0.25) is 0 Å². The van der Waals surface area contributed by atoms with E-state index in [0.717, 1.165) is 24.5 Å². The van der Waals surface area contributed by atoms with Crippen LogP contribution in [-0.4, -0.2) is 41.9 Å². The van der Waals surface area contributed by atoms with Gasteiger partial charge in [0.15, 0.2) is 0 Å². The van der Waals surface area contributed by atoms with Gasteiger partial charge in [0.25, 0.3) is 0 Å². The Kier molecular flexibility index (Phi) is 6.89. The second-order valence-corrected chi connectivity index (χ2v) is 7.93. The van der Waals surface area contributed by atoms with Crippen molar-refractivity contribution in [2.75, 3.05) is 13.7 Å². The molecule has 0 spiro atoms. The van der Waals surface area contributed by atoms with Crippen LogP contribution in [0.5, 0.6) is 0 Å². The summed E-state index contributed by atoms with van der Waals surface area (Å²) in [6.07, 6.45) is 3.58. The zero-order chi connectivity index (χ0) is 16.9. The van der Waals surface area contributed by atoms with E-state index in [1.165, 1.54) is 0 Å². The Hall–Kier alpha value is -0.620. The Balaban J connectivity index is 2.00. The Morgan fingerprint density at radius 3 is 2.83 bits per heavy atom. The molecule has 1 aliphatic heterocycles. The van der Waals surface area contributed by atoms with Crippen LogP contribution in [0.1, 0.15) is 40.5 Å². The molecule has 0 bridgehead atoms. The summed E-state index contributed by atoms with van der Waals surface area (Å²) in [5.74, 6) is 0.635. The van der Waals surface area contributed by atoms with E-state index in [9.17, 15) is 0 Å². The lowest BCUT2D eigenvalue weighted by Gasteiger charge is -2.46. The van der Waals surface area contributed by atoms with Crippen molar-refractivity contribution in [3.05, 3.63) is 24.4 Å². The third-order valence-corrected chi connectivity index (χ3v) is 5.34. The number of ether oxygens (including phenoxy) is 3. The van der Waals surface area contributed by atoms with Gasteiger partial charge in [-0.25, -0.2) is 4.98 Å². The van der Waals surface area contributed by atoms with Gasteiger partial charge in [-0.15, -0.1) is 0 Å². The second kappa shape index (κ2) is 8.47. The summed E-state index contributed by atoms with van der Waals surface area (Å²) in [4.78, 5) is 4.37. The van der Waals surface area contributed by atoms with E-state index in [1.54, 1.807) is 18.9 Å². The van der Waals surface area contributed by atoms with Crippen LogP contribution in [0.2, 0.25) is 0 Å². The first-order valence-corrected chi connectivity index (χ1v) is 9.22. The number of methoxy groups -OCH3 is 1. The molecule has 1 saturated heterocycles. The lowest BCUT2D eigenvalue weighted by Crippen LogP contribution is -2.56. The van der Waals surface area contributed by atoms with Crippen LogP contribution in [-0.2, 0) is 14.2 Å². The predicted molar refractivity (Wildman–Crippen MR) is 93.7 cm³/mol. The SMILES string of the molecule is CO[C@]1(C)C[C@@H](Sc2ccccn2)O[C@@H](C)[C@@H]1OCCC(C)C. The van der Waals surface area contributed by atoms with Gasteiger partial charge >= 0.3 is 0 Å². The first-order chi connectivity index (χ1) is 10.9. The summed E-state index contributed by atoms with van der Waals surface area (Å²) in [5.41, 5.74) is -0.323. The number of aromatic nitrogens is 1. The van der Waals surface area contributed by atoms with E-state index in [1.807, 2.05) is 24.4 Å². The van der Waals surface area contributed by atoms with Gasteiger partial charge in [0.1, 0.15) is 11.5 Å². The lowest BCUT2D eigenvalue weighted by atomic mass is 9.89. The van der Waals surface area contributed by atoms with Crippen molar-refractivity contribution in [2.24, 2.45) is 5.92 Å². The summed E-state index contributed by atoms with van der Waals surface area (Å²) >= 11 is 1.65. The second-order valence-electron chi connectivity index (χ2n) is 6.75. The molecule has 0 saturated carbocycles. The average Bonchev–Trinajstić information content (AvgIpc) is 2.51. The highest BCUT2D eigenvalue weighted by Crippen LogP contribution is 2.39. The summed E-state index contributed by atoms with van der Waals surface area (Å²) in [5, 5.41) is 0.974. The Labute approximate surface area is 144 Å². The highest BCUT2D eigenvalue weighted by atomic mass is 32.2. The molecule has 0 aromatic carbocycles. The molecule has 5 heteroatoms. The third kappa shape index (κ3) is 5.18. The summed E-state index contributed by atoms with van der Waals surface area (Å²) in [7, 11) is 1.76. The summed E-state index contributed by atoms with van der Waals surface area (Å²) < 4.78 is 18.2. The number of rotatable bonds is 7. The van der Waals surface area contributed by atoms with Crippen molar-refractivity contribution in [1.82, 2.24) is 4.98 Å². The zero-order valence-electron chi connectivity index (χ0n) is 14.8. The van der Waals surface area contributed by atoms with Crippen molar-refractivity contribution in [3.8, 4) is 0 Å². The minimum atomic E-state index is -0.346. The number of pyridine rings is 1. The van der Waals surface area contributed by atoms with Crippen LogP contribution >= 0.6 is 11.8 Å². The maximum absolute atomic E-state index is 6.18. The van der Waals surface area contributed by atoms with Crippen molar-refractivity contribution < 1.29 is 14.2 Å². The summed E-state index contributed by atoms with van der Waals surface area (Å²) in [6, 6.07) is 5.93. The fourth-order valence-electron chi connectivity index (χ4n) is 2.87. The van der Waals surface area contributed by atoms with Crippen LogP contribution in [0.25, 0.3) is 0 Å². The molecule has 0 N–H and O–H groups in total. The molecule has 2 heterocycles. The van der Waals surface area contributed by atoms with Crippen LogP contribution in [0.15, 0.2) is 29.4 Å². The maximum Gasteiger partial charge on any atom is 0.112 e. The molecule has 1 aliphatic rings. The van der Waals surface area contributed by atoms with Crippen LogP contribution in [0.3, 0.4) is 0 Å². The van der Waals surface area contributed by atoms with Gasteiger partial charge in [0, 0.05) is 26.3 Å². The van der Waals surface area contributed by atoms with Crippen LogP contribution < -0.4 is 0 Å². The molecule has 1 aromatic heterocycles. The molecule has 1 aromatic rings. The average molecular weight is 340 g/mol. The van der Waals surface area contributed by atoms with Crippen LogP contribution in [0.4, 0.5) is 0 Å². The number of hydrogen-bond donors (Lipinski definition) is 0. The van der Waals surface area contributed by atoms with Crippen molar-refractivity contribution in [3.63, 3.8) is 0 Å². The molecule has 4 nitrogen and oxygen atoms in total. The standard InChI is InChI=1S/C18H29NO3S/c1-13(2)9-11-21-17-14(3)22-16(12-18(17,4)20-5)23-15-8-6-7-10-19-15/h6-8,10,13-14,16-17H,9,11-12H2,1-5H3/t14-,16+,17-,18+/m0/s1. The maximum atomic E-state index is 6.18. The van der Waals surface area contributed by atoms with Crippen molar-refractivity contribution in [2.45, 2.75) is 68.8 Å². The van der Waals surface area contributed by atoms with E-state index in [0.29, 0.717) is 5.92 Å². The first kappa shape index (κ1) is 18.7. The molecule has 4 atom stereocenters. The normalized spacial score (nSPS) is 31.5. The van der Waals surface area contributed by atoms with E-state index >= 15 is 0 Å². The van der Waals surface area contributed by atoms with Gasteiger partial charge in [0.05, 0.1) is 16.7 Å². The van der Waals surface area contributed by atoms with Crippen molar-refractivity contribution >= 4 is 11.8 Å². The molecule has 0 radical (unpaired) electrons. The molecule has 0 aliphatic carbocycles. The smallest absolute Gasteiger partial charge is 0.112 e. The molecular formula is C18H29NO3S. The Morgan fingerprint density at radius 1 is 1.43 bits per heavy atom. The monoisotopic (exact) mass is 339 g/mol. The minimum Gasteiger partial charge on any atom is -0.376 e.